The van der Waals surface area contributed by atoms with Crippen molar-refractivity contribution in [1.82, 2.24) is 14.1 Å². The number of likely N-dealkylation sites (tertiary alicyclic amines) is 1. The number of amides is 1. The van der Waals surface area contributed by atoms with Gasteiger partial charge in [-0.15, -0.1) is 0 Å². The van der Waals surface area contributed by atoms with Gasteiger partial charge in [0.15, 0.2) is 0 Å². The average molecular weight is 440 g/mol. The molecule has 1 amide bonds. The lowest BCUT2D eigenvalue weighted by molar-refractivity contribution is -0.131. The molecule has 1 aromatic carbocycles. The number of carbonyl (C=O) groups excluding carboxylic acids is 1. The van der Waals surface area contributed by atoms with Crippen LogP contribution in [0.2, 0.25) is 0 Å². The highest BCUT2D eigenvalue weighted by atomic mass is 32.2. The number of methoxy groups -OCH3 is 2. The Kier molecular flexibility index (Phi) is 7.26. The predicted molar refractivity (Wildman–Crippen MR) is 114 cm³/mol. The van der Waals surface area contributed by atoms with Crippen molar-refractivity contribution in [2.45, 2.75) is 24.2 Å². The fourth-order valence-electron chi connectivity index (χ4n) is 4.34. The highest BCUT2D eigenvalue weighted by molar-refractivity contribution is 7.89. The van der Waals surface area contributed by atoms with Crippen molar-refractivity contribution in [3.05, 3.63) is 18.2 Å². The quantitative estimate of drug-likeness (QED) is 0.641. The number of ether oxygens (including phenoxy) is 2. The van der Waals surface area contributed by atoms with Gasteiger partial charge >= 0.3 is 0 Å². The van der Waals surface area contributed by atoms with Crippen molar-refractivity contribution in [1.29, 1.82) is 0 Å². The summed E-state index contributed by atoms with van der Waals surface area (Å²) >= 11 is 0. The number of sulfonamides is 1. The van der Waals surface area contributed by atoms with Gasteiger partial charge in [0.2, 0.25) is 15.9 Å². The monoisotopic (exact) mass is 439 g/mol. The number of rotatable bonds is 7. The summed E-state index contributed by atoms with van der Waals surface area (Å²) in [5, 5.41) is 0. The topological polar surface area (TPSA) is 79.4 Å². The Labute approximate surface area is 179 Å². The van der Waals surface area contributed by atoms with Gasteiger partial charge in [-0.1, -0.05) is 0 Å². The van der Waals surface area contributed by atoms with Gasteiger partial charge in [0, 0.05) is 45.2 Å². The first-order valence-electron chi connectivity index (χ1n) is 10.4. The van der Waals surface area contributed by atoms with E-state index in [0.29, 0.717) is 50.5 Å². The zero-order valence-electron chi connectivity index (χ0n) is 18.3. The third-order valence-electron chi connectivity index (χ3n) is 6.22. The van der Waals surface area contributed by atoms with Crippen LogP contribution in [0.15, 0.2) is 23.1 Å². The number of hydrogen-bond acceptors (Lipinski definition) is 6. The third-order valence-corrected chi connectivity index (χ3v) is 8.11. The lowest BCUT2D eigenvalue weighted by Crippen LogP contribution is -2.43. The molecule has 2 aliphatic heterocycles. The third kappa shape index (κ3) is 4.90. The van der Waals surface area contributed by atoms with Crippen molar-refractivity contribution in [2.75, 3.05) is 61.0 Å². The first-order chi connectivity index (χ1) is 14.3. The first kappa shape index (κ1) is 22.8. The molecule has 2 heterocycles. The number of piperidine rings is 1. The molecular formula is C21H33N3O5S. The normalized spacial score (nSPS) is 23.2. The molecule has 2 saturated heterocycles. The van der Waals surface area contributed by atoms with Gasteiger partial charge in [0.1, 0.15) is 16.4 Å². The number of benzene rings is 1. The summed E-state index contributed by atoms with van der Waals surface area (Å²) in [4.78, 5) is 16.8. The van der Waals surface area contributed by atoms with Crippen LogP contribution in [0.4, 0.5) is 0 Å². The van der Waals surface area contributed by atoms with Crippen molar-refractivity contribution in [3.8, 4) is 11.5 Å². The van der Waals surface area contributed by atoms with Crippen LogP contribution in [0.3, 0.4) is 0 Å². The summed E-state index contributed by atoms with van der Waals surface area (Å²) in [6.45, 7) is 3.08. The zero-order valence-corrected chi connectivity index (χ0v) is 19.2. The molecule has 9 heteroatoms. The number of carbonyl (C=O) groups is 1. The second kappa shape index (κ2) is 9.53. The summed E-state index contributed by atoms with van der Waals surface area (Å²) in [6.07, 6.45) is 2.03. The summed E-state index contributed by atoms with van der Waals surface area (Å²) in [5.41, 5.74) is 0. The maximum atomic E-state index is 13.4. The van der Waals surface area contributed by atoms with Gasteiger partial charge in [0.25, 0.3) is 0 Å². The van der Waals surface area contributed by atoms with E-state index < -0.39 is 10.0 Å². The molecule has 0 bridgehead atoms. The number of hydrogen-bond donors (Lipinski definition) is 0. The molecule has 3 rings (SSSR count). The lowest BCUT2D eigenvalue weighted by atomic mass is 9.83. The van der Waals surface area contributed by atoms with Crippen LogP contribution in [0.25, 0.3) is 0 Å². The summed E-state index contributed by atoms with van der Waals surface area (Å²) in [6, 6.07) is 4.81. The van der Waals surface area contributed by atoms with Gasteiger partial charge in [0.05, 0.1) is 14.2 Å². The second-order valence-electron chi connectivity index (χ2n) is 8.37. The Morgan fingerprint density at radius 2 is 1.83 bits per heavy atom. The minimum absolute atomic E-state index is 0.125. The van der Waals surface area contributed by atoms with Crippen LogP contribution in [-0.4, -0.2) is 89.5 Å². The smallest absolute Gasteiger partial charge is 0.246 e. The zero-order chi connectivity index (χ0) is 21.9. The molecule has 0 spiro atoms. The van der Waals surface area contributed by atoms with Crippen molar-refractivity contribution in [2.24, 2.45) is 11.8 Å². The lowest BCUT2D eigenvalue weighted by Gasteiger charge is -2.36. The van der Waals surface area contributed by atoms with E-state index in [1.165, 1.54) is 20.3 Å². The molecule has 1 aromatic rings. The van der Waals surface area contributed by atoms with Crippen LogP contribution >= 0.6 is 0 Å². The number of nitrogens with zero attached hydrogens (tertiary/aromatic N) is 3. The van der Waals surface area contributed by atoms with E-state index >= 15 is 0 Å². The second-order valence-corrected chi connectivity index (χ2v) is 10.3. The van der Waals surface area contributed by atoms with Crippen LogP contribution in [0, 0.1) is 11.8 Å². The Bertz CT molecular complexity index is 858. The minimum Gasteiger partial charge on any atom is -0.497 e. The summed E-state index contributed by atoms with van der Waals surface area (Å²) < 4.78 is 38.9. The van der Waals surface area contributed by atoms with Crippen molar-refractivity contribution < 1.29 is 22.7 Å². The van der Waals surface area contributed by atoms with Crippen molar-refractivity contribution >= 4 is 15.9 Å². The molecule has 30 heavy (non-hydrogen) atoms. The fraction of sp³-hybridized carbons (Fsp3) is 0.667. The molecule has 0 N–H and O–H groups in total. The molecule has 0 unspecified atom stereocenters. The maximum absolute atomic E-state index is 13.4. The molecule has 168 valence electrons. The minimum atomic E-state index is -3.73. The van der Waals surface area contributed by atoms with Crippen LogP contribution < -0.4 is 9.47 Å². The van der Waals surface area contributed by atoms with E-state index in [-0.39, 0.29) is 22.6 Å². The van der Waals surface area contributed by atoms with E-state index in [1.807, 2.05) is 19.0 Å². The molecule has 2 atom stereocenters. The molecule has 0 aromatic heterocycles. The molecule has 0 radical (unpaired) electrons. The predicted octanol–water partition coefficient (Wildman–Crippen LogP) is 1.51. The van der Waals surface area contributed by atoms with Crippen LogP contribution in [-0.2, 0) is 14.8 Å². The van der Waals surface area contributed by atoms with Crippen LogP contribution in [0.5, 0.6) is 11.5 Å². The van der Waals surface area contributed by atoms with Crippen LogP contribution in [0.1, 0.15) is 19.3 Å². The fourth-order valence-corrected chi connectivity index (χ4v) is 6.03. The summed E-state index contributed by atoms with van der Waals surface area (Å²) in [7, 11) is 3.24. The molecule has 2 aliphatic rings. The number of fused-ring (bicyclic) bond motifs is 1. The molecular weight excluding hydrogens is 406 g/mol. The van der Waals surface area contributed by atoms with E-state index in [9.17, 15) is 13.2 Å². The largest absolute Gasteiger partial charge is 0.497 e. The van der Waals surface area contributed by atoms with E-state index in [0.717, 1.165) is 13.0 Å². The molecule has 0 aliphatic carbocycles. The van der Waals surface area contributed by atoms with E-state index in [2.05, 4.69) is 4.90 Å². The van der Waals surface area contributed by atoms with E-state index in [1.54, 1.807) is 16.4 Å². The highest BCUT2D eigenvalue weighted by Gasteiger charge is 2.39. The van der Waals surface area contributed by atoms with Crippen molar-refractivity contribution in [3.63, 3.8) is 0 Å². The van der Waals surface area contributed by atoms with Gasteiger partial charge < -0.3 is 19.3 Å². The SMILES string of the molecule is COc1ccc(OC)c(S(=O)(=O)N2CC[C@H]3CC(=O)N(CCN(C)C)CC[C@@H]3C2)c1. The number of likely N-dealkylation sites (N-methyl/N-ethyl adjacent to an activating group) is 1. The standard InChI is InChI=1S/C21H33N3O5S/c1-22(2)11-12-23-9-7-17-15-24(10-8-16(17)13-21(23)25)30(26,27)20-14-18(28-3)5-6-19(20)29-4/h5-6,14,16-17H,7-13,15H2,1-4H3/t16-,17+/m0/s1. The maximum Gasteiger partial charge on any atom is 0.246 e. The Hall–Kier alpha value is -1.84. The van der Waals surface area contributed by atoms with Gasteiger partial charge in [-0.05, 0) is 50.9 Å². The highest BCUT2D eigenvalue weighted by Crippen LogP contribution is 2.37. The first-order valence-corrected chi connectivity index (χ1v) is 11.8. The molecule has 2 fully saturated rings. The Morgan fingerprint density at radius 3 is 2.50 bits per heavy atom. The molecule has 8 nitrogen and oxygen atoms in total. The van der Waals surface area contributed by atoms with Gasteiger partial charge in [-0.3, -0.25) is 4.79 Å². The Morgan fingerprint density at radius 1 is 1.10 bits per heavy atom. The average Bonchev–Trinajstić information content (AvgIpc) is 2.89. The van der Waals surface area contributed by atoms with E-state index in [4.69, 9.17) is 9.47 Å². The molecule has 0 saturated carbocycles. The Balaban J connectivity index is 1.76. The van der Waals surface area contributed by atoms with Gasteiger partial charge in [-0.25, -0.2) is 8.42 Å². The van der Waals surface area contributed by atoms with Gasteiger partial charge in [-0.2, -0.15) is 4.31 Å². The summed E-state index contributed by atoms with van der Waals surface area (Å²) in [5.74, 6) is 1.39.